The van der Waals surface area contributed by atoms with Crippen LogP contribution < -0.4 is 19.7 Å². The number of pyridine rings is 1. The first-order valence-electron chi connectivity index (χ1n) is 9.22. The lowest BCUT2D eigenvalue weighted by atomic mass is 10.1. The summed E-state index contributed by atoms with van der Waals surface area (Å²) in [5, 5.41) is 3.48. The van der Waals surface area contributed by atoms with Crippen LogP contribution in [0.3, 0.4) is 0 Å². The van der Waals surface area contributed by atoms with E-state index in [-0.39, 0.29) is 12.1 Å². The predicted octanol–water partition coefficient (Wildman–Crippen LogP) is 3.93. The summed E-state index contributed by atoms with van der Waals surface area (Å²) in [6.45, 7) is 3.07. The third-order valence-corrected chi connectivity index (χ3v) is 4.96. The zero-order valence-electron chi connectivity index (χ0n) is 15.4. The monoisotopic (exact) mass is 373 g/mol. The van der Waals surface area contributed by atoms with E-state index in [2.05, 4.69) is 10.3 Å². The Bertz CT molecular complexity index is 1070. The van der Waals surface area contributed by atoms with Crippen molar-refractivity contribution in [3.05, 3.63) is 77.5 Å². The molecule has 6 nitrogen and oxygen atoms in total. The van der Waals surface area contributed by atoms with Gasteiger partial charge in [0.2, 0.25) is 0 Å². The number of nitrogens with one attached hydrogen (secondary N) is 1. The van der Waals surface area contributed by atoms with Crippen molar-refractivity contribution in [2.24, 2.45) is 0 Å². The molecule has 6 heteroatoms. The molecule has 0 saturated heterocycles. The number of fused-ring (bicyclic) bond motifs is 2. The van der Waals surface area contributed by atoms with Gasteiger partial charge in [-0.1, -0.05) is 18.2 Å². The Morgan fingerprint density at radius 1 is 1.04 bits per heavy atom. The van der Waals surface area contributed by atoms with Crippen molar-refractivity contribution in [3.8, 4) is 11.5 Å². The molecule has 0 spiro atoms. The molecule has 0 radical (unpaired) electrons. The lowest BCUT2D eigenvalue weighted by Crippen LogP contribution is -2.33. The molecule has 0 fully saturated rings. The molecule has 1 aromatic heterocycles. The number of amides is 1. The van der Waals surface area contributed by atoms with Crippen molar-refractivity contribution in [2.45, 2.75) is 13.1 Å². The molecule has 3 aromatic rings. The topological polar surface area (TPSA) is 63.7 Å². The van der Waals surface area contributed by atoms with Gasteiger partial charge >= 0.3 is 0 Å². The molecular formula is C22H19N3O3. The average molecular weight is 373 g/mol. The van der Waals surface area contributed by atoms with E-state index in [1.165, 1.54) is 0 Å². The Morgan fingerprint density at radius 3 is 2.71 bits per heavy atom. The third-order valence-electron chi connectivity index (χ3n) is 4.96. The lowest BCUT2D eigenvalue weighted by Gasteiger charge is -2.27. The molecular weight excluding hydrogens is 354 g/mol. The predicted molar refractivity (Wildman–Crippen MR) is 106 cm³/mol. The number of carbonyl (C=O) groups excluding carboxylic acids is 1. The lowest BCUT2D eigenvalue weighted by molar-refractivity contribution is 0.0992. The van der Waals surface area contributed by atoms with Gasteiger partial charge in [-0.15, -0.1) is 0 Å². The van der Waals surface area contributed by atoms with Gasteiger partial charge in [0, 0.05) is 29.1 Å². The highest BCUT2D eigenvalue weighted by Gasteiger charge is 2.38. The molecule has 0 bridgehead atoms. The summed E-state index contributed by atoms with van der Waals surface area (Å²) < 4.78 is 11.3. The van der Waals surface area contributed by atoms with Crippen molar-refractivity contribution in [1.29, 1.82) is 0 Å². The maximum absolute atomic E-state index is 13.1. The number of anilines is 2. The van der Waals surface area contributed by atoms with Crippen LogP contribution in [0.4, 0.5) is 11.5 Å². The summed E-state index contributed by atoms with van der Waals surface area (Å²) in [6.07, 6.45) is 1.36. The number of nitrogens with zero attached hydrogens (tertiary/aromatic N) is 2. The summed E-state index contributed by atoms with van der Waals surface area (Å²) in [7, 11) is 0. The van der Waals surface area contributed by atoms with E-state index in [0.717, 1.165) is 22.6 Å². The quantitative estimate of drug-likeness (QED) is 0.754. The molecule has 140 valence electrons. The number of ether oxygens (including phenoxy) is 2. The molecule has 1 atom stereocenters. The van der Waals surface area contributed by atoms with Crippen LogP contribution in [0.2, 0.25) is 0 Å². The molecule has 1 amide bonds. The molecule has 1 N–H and O–H groups in total. The van der Waals surface area contributed by atoms with Gasteiger partial charge in [-0.2, -0.15) is 0 Å². The van der Waals surface area contributed by atoms with Crippen molar-refractivity contribution >= 4 is 17.4 Å². The summed E-state index contributed by atoms with van der Waals surface area (Å²) in [5.41, 5.74) is 3.50. The molecule has 0 saturated carbocycles. The minimum atomic E-state index is -0.361. The zero-order chi connectivity index (χ0) is 19.1. The fourth-order valence-corrected chi connectivity index (χ4v) is 3.64. The van der Waals surface area contributed by atoms with E-state index < -0.39 is 0 Å². The van der Waals surface area contributed by atoms with Gasteiger partial charge in [-0.25, -0.2) is 4.98 Å². The van der Waals surface area contributed by atoms with E-state index in [9.17, 15) is 4.79 Å². The molecule has 2 aliphatic heterocycles. The van der Waals surface area contributed by atoms with Crippen molar-refractivity contribution < 1.29 is 14.3 Å². The Hall–Kier alpha value is -3.54. The minimum Gasteiger partial charge on any atom is -0.486 e. The van der Waals surface area contributed by atoms with Crippen LogP contribution in [0.15, 0.2) is 60.8 Å². The first-order valence-corrected chi connectivity index (χ1v) is 9.22. The summed E-state index contributed by atoms with van der Waals surface area (Å²) in [6, 6.07) is 17.2. The fourth-order valence-electron chi connectivity index (χ4n) is 3.64. The third kappa shape index (κ3) is 2.74. The zero-order valence-corrected chi connectivity index (χ0v) is 15.4. The Morgan fingerprint density at radius 2 is 1.86 bits per heavy atom. The van der Waals surface area contributed by atoms with Gasteiger partial charge in [0.1, 0.15) is 25.2 Å². The maximum atomic E-state index is 13.1. The van der Waals surface area contributed by atoms with Crippen LogP contribution >= 0.6 is 0 Å². The molecule has 5 rings (SSSR count). The smallest absolute Gasteiger partial charge is 0.261 e. The molecule has 2 aromatic carbocycles. The minimum absolute atomic E-state index is 0.0660. The largest absolute Gasteiger partial charge is 0.486 e. The number of hydrogen-bond acceptors (Lipinski definition) is 5. The molecule has 2 aliphatic rings. The van der Waals surface area contributed by atoms with Crippen LogP contribution in [0, 0.1) is 6.92 Å². The molecule has 0 unspecified atom stereocenters. The summed E-state index contributed by atoms with van der Waals surface area (Å²) in [4.78, 5) is 19.3. The SMILES string of the molecule is Cc1ccnc(N2C(=O)c3ccccc3[C@H]2Nc2ccc3c(c2)OCCO3)c1. The number of hydrogen-bond donors (Lipinski definition) is 1. The average Bonchev–Trinajstić information content (AvgIpc) is 3.00. The highest BCUT2D eigenvalue weighted by molar-refractivity contribution is 6.11. The standard InChI is InChI=1S/C22H19N3O3/c1-14-8-9-23-20(12-14)25-21(16-4-2-3-5-17(16)22(25)26)24-15-6-7-18-19(13-15)28-11-10-27-18/h2-9,12-13,21,24H,10-11H2,1H3/t21-/m0/s1. The molecule has 28 heavy (non-hydrogen) atoms. The van der Waals surface area contributed by atoms with Crippen molar-refractivity contribution in [2.75, 3.05) is 23.4 Å². The van der Waals surface area contributed by atoms with Gasteiger partial charge in [0.15, 0.2) is 11.5 Å². The normalized spacial score (nSPS) is 17.4. The highest BCUT2D eigenvalue weighted by Crippen LogP contribution is 2.39. The van der Waals surface area contributed by atoms with Crippen LogP contribution in [0.1, 0.15) is 27.7 Å². The number of rotatable bonds is 3. The van der Waals surface area contributed by atoms with Crippen molar-refractivity contribution in [1.82, 2.24) is 4.98 Å². The highest BCUT2D eigenvalue weighted by atomic mass is 16.6. The number of benzene rings is 2. The number of aryl methyl sites for hydroxylation is 1. The van der Waals surface area contributed by atoms with Gasteiger partial charge in [-0.05, 0) is 42.8 Å². The number of carbonyl (C=O) groups is 1. The van der Waals surface area contributed by atoms with E-state index >= 15 is 0 Å². The summed E-state index contributed by atoms with van der Waals surface area (Å²) >= 11 is 0. The summed E-state index contributed by atoms with van der Waals surface area (Å²) in [5.74, 6) is 1.99. The Kier molecular flexibility index (Phi) is 3.90. The maximum Gasteiger partial charge on any atom is 0.261 e. The first-order chi connectivity index (χ1) is 13.7. The first kappa shape index (κ1) is 16.6. The van der Waals surface area contributed by atoms with Crippen molar-refractivity contribution in [3.63, 3.8) is 0 Å². The van der Waals surface area contributed by atoms with Gasteiger partial charge in [-0.3, -0.25) is 9.69 Å². The molecule has 3 heterocycles. The van der Waals surface area contributed by atoms with Crippen LogP contribution in [-0.2, 0) is 0 Å². The van der Waals surface area contributed by atoms with E-state index in [1.807, 2.05) is 61.5 Å². The second-order valence-corrected chi connectivity index (χ2v) is 6.86. The van der Waals surface area contributed by atoms with E-state index in [0.29, 0.717) is 30.3 Å². The van der Waals surface area contributed by atoms with Gasteiger partial charge in [0.05, 0.1) is 0 Å². The fraction of sp³-hybridized carbons (Fsp3) is 0.182. The Balaban J connectivity index is 1.55. The van der Waals surface area contributed by atoms with E-state index in [1.54, 1.807) is 11.1 Å². The van der Waals surface area contributed by atoms with Crippen LogP contribution in [0.25, 0.3) is 0 Å². The van der Waals surface area contributed by atoms with Gasteiger partial charge in [0.25, 0.3) is 5.91 Å². The van der Waals surface area contributed by atoms with E-state index in [4.69, 9.17) is 9.47 Å². The molecule has 0 aliphatic carbocycles. The van der Waals surface area contributed by atoms with Gasteiger partial charge < -0.3 is 14.8 Å². The van der Waals surface area contributed by atoms with Crippen LogP contribution in [0.5, 0.6) is 11.5 Å². The van der Waals surface area contributed by atoms with Crippen LogP contribution in [-0.4, -0.2) is 24.1 Å². The second kappa shape index (κ2) is 6.56. The Labute approximate surface area is 162 Å². The number of aromatic nitrogens is 1. The second-order valence-electron chi connectivity index (χ2n) is 6.86.